The van der Waals surface area contributed by atoms with E-state index in [0.29, 0.717) is 11.6 Å². The number of carbonyl (C=O) groups excluding carboxylic acids is 1. The SMILES string of the molecule is CCN1CCC(Nc2ccc(C(=O)OC)cc2)CC1. The Hall–Kier alpha value is -1.55. The highest BCUT2D eigenvalue weighted by molar-refractivity contribution is 5.89. The van der Waals surface area contributed by atoms with Gasteiger partial charge in [-0.1, -0.05) is 6.92 Å². The van der Waals surface area contributed by atoms with Gasteiger partial charge in [0.25, 0.3) is 0 Å². The van der Waals surface area contributed by atoms with Gasteiger partial charge >= 0.3 is 5.97 Å². The first-order valence-electron chi connectivity index (χ1n) is 6.90. The molecule has 1 aliphatic rings. The molecule has 1 fully saturated rings. The van der Waals surface area contributed by atoms with Gasteiger partial charge in [-0.2, -0.15) is 0 Å². The lowest BCUT2D eigenvalue weighted by Gasteiger charge is -2.32. The molecule has 0 aromatic heterocycles. The molecule has 104 valence electrons. The van der Waals surface area contributed by atoms with Crippen molar-refractivity contribution < 1.29 is 9.53 Å². The lowest BCUT2D eigenvalue weighted by Crippen LogP contribution is -2.38. The Balaban J connectivity index is 1.88. The minimum absolute atomic E-state index is 0.289. The van der Waals surface area contributed by atoms with Crippen LogP contribution in [0.15, 0.2) is 24.3 Å². The quantitative estimate of drug-likeness (QED) is 0.846. The van der Waals surface area contributed by atoms with Crippen LogP contribution in [0, 0.1) is 0 Å². The average molecular weight is 262 g/mol. The summed E-state index contributed by atoms with van der Waals surface area (Å²) in [6, 6.07) is 8.02. The van der Waals surface area contributed by atoms with Crippen molar-refractivity contribution in [1.29, 1.82) is 0 Å². The molecule has 0 bridgehead atoms. The normalized spacial score (nSPS) is 17.2. The molecule has 1 heterocycles. The zero-order chi connectivity index (χ0) is 13.7. The monoisotopic (exact) mass is 262 g/mol. The standard InChI is InChI=1S/C15H22N2O2/c1-3-17-10-8-14(9-11-17)16-13-6-4-12(5-7-13)15(18)19-2/h4-7,14,16H,3,8-11H2,1-2H3. The van der Waals surface area contributed by atoms with E-state index in [1.165, 1.54) is 20.0 Å². The number of esters is 1. The van der Waals surface area contributed by atoms with E-state index in [0.717, 1.165) is 25.3 Å². The van der Waals surface area contributed by atoms with E-state index in [1.54, 1.807) is 12.1 Å². The maximum atomic E-state index is 11.3. The molecule has 4 nitrogen and oxygen atoms in total. The zero-order valence-electron chi connectivity index (χ0n) is 11.7. The highest BCUT2D eigenvalue weighted by Crippen LogP contribution is 2.17. The summed E-state index contributed by atoms with van der Waals surface area (Å²) >= 11 is 0. The average Bonchev–Trinajstić information content (AvgIpc) is 2.48. The van der Waals surface area contributed by atoms with Gasteiger partial charge in [0.2, 0.25) is 0 Å². The van der Waals surface area contributed by atoms with Gasteiger partial charge in [0, 0.05) is 24.8 Å². The van der Waals surface area contributed by atoms with Crippen molar-refractivity contribution in [3.63, 3.8) is 0 Å². The van der Waals surface area contributed by atoms with Gasteiger partial charge in [-0.3, -0.25) is 0 Å². The maximum Gasteiger partial charge on any atom is 0.337 e. The number of nitrogens with one attached hydrogen (secondary N) is 1. The van der Waals surface area contributed by atoms with Gasteiger partial charge in [0.05, 0.1) is 12.7 Å². The van der Waals surface area contributed by atoms with Gasteiger partial charge in [0.1, 0.15) is 0 Å². The number of ether oxygens (including phenoxy) is 1. The molecule has 4 heteroatoms. The van der Waals surface area contributed by atoms with Crippen LogP contribution in [0.4, 0.5) is 5.69 Å². The van der Waals surface area contributed by atoms with Crippen LogP contribution in [-0.2, 0) is 4.74 Å². The fourth-order valence-electron chi connectivity index (χ4n) is 2.45. The van der Waals surface area contributed by atoms with Gasteiger partial charge in [-0.15, -0.1) is 0 Å². The van der Waals surface area contributed by atoms with Crippen molar-refractivity contribution in [1.82, 2.24) is 4.90 Å². The van der Waals surface area contributed by atoms with Gasteiger partial charge in [-0.05, 0) is 43.7 Å². The maximum absolute atomic E-state index is 11.3. The molecule has 0 aliphatic carbocycles. The first kappa shape index (κ1) is 13.9. The highest BCUT2D eigenvalue weighted by Gasteiger charge is 2.17. The zero-order valence-corrected chi connectivity index (χ0v) is 11.7. The van der Waals surface area contributed by atoms with Crippen LogP contribution in [0.5, 0.6) is 0 Å². The third kappa shape index (κ3) is 3.70. The number of hydrogen-bond donors (Lipinski definition) is 1. The van der Waals surface area contributed by atoms with E-state index in [1.807, 2.05) is 12.1 Å². The third-order valence-corrected chi connectivity index (χ3v) is 3.71. The Morgan fingerprint density at radius 2 is 1.95 bits per heavy atom. The molecule has 1 saturated heterocycles. The van der Waals surface area contributed by atoms with Gasteiger partial charge in [-0.25, -0.2) is 4.79 Å². The fraction of sp³-hybridized carbons (Fsp3) is 0.533. The topological polar surface area (TPSA) is 41.6 Å². The number of hydrogen-bond acceptors (Lipinski definition) is 4. The molecule has 1 aromatic rings. The summed E-state index contributed by atoms with van der Waals surface area (Å²) in [7, 11) is 1.40. The number of nitrogens with zero attached hydrogens (tertiary/aromatic N) is 1. The van der Waals surface area contributed by atoms with Crippen LogP contribution >= 0.6 is 0 Å². The van der Waals surface area contributed by atoms with Crippen molar-refractivity contribution in [3.05, 3.63) is 29.8 Å². The first-order chi connectivity index (χ1) is 9.22. The van der Waals surface area contributed by atoms with Crippen LogP contribution in [-0.4, -0.2) is 43.7 Å². The number of benzene rings is 1. The van der Waals surface area contributed by atoms with E-state index in [4.69, 9.17) is 0 Å². The Labute approximate surface area is 114 Å². The molecule has 2 rings (SSSR count). The predicted molar refractivity (Wildman–Crippen MR) is 76.5 cm³/mol. The molecule has 0 unspecified atom stereocenters. The summed E-state index contributed by atoms with van der Waals surface area (Å²) in [5, 5.41) is 3.53. The minimum atomic E-state index is -0.289. The number of likely N-dealkylation sites (tertiary alicyclic amines) is 1. The largest absolute Gasteiger partial charge is 0.465 e. The predicted octanol–water partition coefficient (Wildman–Crippen LogP) is 2.37. The Kier molecular flexibility index (Phi) is 4.80. The van der Waals surface area contributed by atoms with Crippen LogP contribution < -0.4 is 5.32 Å². The van der Waals surface area contributed by atoms with Crippen molar-refractivity contribution in [2.75, 3.05) is 32.1 Å². The van der Waals surface area contributed by atoms with Gasteiger partial charge < -0.3 is 15.0 Å². The van der Waals surface area contributed by atoms with Crippen molar-refractivity contribution in [2.24, 2.45) is 0 Å². The number of anilines is 1. The van der Waals surface area contributed by atoms with Crippen LogP contribution in [0.1, 0.15) is 30.1 Å². The second-order valence-corrected chi connectivity index (χ2v) is 4.92. The highest BCUT2D eigenvalue weighted by atomic mass is 16.5. The molecule has 1 aromatic carbocycles. The van der Waals surface area contributed by atoms with E-state index in [9.17, 15) is 4.79 Å². The first-order valence-corrected chi connectivity index (χ1v) is 6.90. The van der Waals surface area contributed by atoms with Crippen molar-refractivity contribution in [2.45, 2.75) is 25.8 Å². The number of piperidine rings is 1. The molecule has 0 spiro atoms. The van der Waals surface area contributed by atoms with Crippen molar-refractivity contribution >= 4 is 11.7 Å². The van der Waals surface area contributed by atoms with E-state index < -0.39 is 0 Å². The molecule has 0 saturated carbocycles. The Morgan fingerprint density at radius 1 is 1.32 bits per heavy atom. The summed E-state index contributed by atoms with van der Waals surface area (Å²) in [5.74, 6) is -0.289. The summed E-state index contributed by atoms with van der Waals surface area (Å²) in [6.45, 7) is 5.67. The minimum Gasteiger partial charge on any atom is -0.465 e. The Morgan fingerprint density at radius 3 is 2.47 bits per heavy atom. The number of methoxy groups -OCH3 is 1. The molecule has 0 amide bonds. The van der Waals surface area contributed by atoms with Crippen LogP contribution in [0.3, 0.4) is 0 Å². The fourth-order valence-corrected chi connectivity index (χ4v) is 2.45. The molecular formula is C15H22N2O2. The lowest BCUT2D eigenvalue weighted by molar-refractivity contribution is 0.0601. The molecule has 0 atom stereocenters. The molecule has 1 N–H and O–H groups in total. The summed E-state index contributed by atoms with van der Waals surface area (Å²) in [6.07, 6.45) is 2.35. The third-order valence-electron chi connectivity index (χ3n) is 3.71. The van der Waals surface area contributed by atoms with Crippen molar-refractivity contribution in [3.8, 4) is 0 Å². The second kappa shape index (κ2) is 6.57. The number of carbonyl (C=O) groups is 1. The number of rotatable bonds is 4. The Bertz CT molecular complexity index is 409. The van der Waals surface area contributed by atoms with E-state index >= 15 is 0 Å². The molecule has 1 aliphatic heterocycles. The summed E-state index contributed by atoms with van der Waals surface area (Å²) < 4.78 is 4.69. The van der Waals surface area contributed by atoms with E-state index in [2.05, 4.69) is 21.9 Å². The molecular weight excluding hydrogens is 240 g/mol. The summed E-state index contributed by atoms with van der Waals surface area (Å²) in [4.78, 5) is 13.8. The lowest BCUT2D eigenvalue weighted by atomic mass is 10.0. The van der Waals surface area contributed by atoms with Crippen LogP contribution in [0.2, 0.25) is 0 Å². The van der Waals surface area contributed by atoms with E-state index in [-0.39, 0.29) is 5.97 Å². The van der Waals surface area contributed by atoms with Crippen LogP contribution in [0.25, 0.3) is 0 Å². The molecule has 19 heavy (non-hydrogen) atoms. The second-order valence-electron chi connectivity index (χ2n) is 4.92. The smallest absolute Gasteiger partial charge is 0.337 e. The molecule has 0 radical (unpaired) electrons. The summed E-state index contributed by atoms with van der Waals surface area (Å²) in [5.41, 5.74) is 1.66. The van der Waals surface area contributed by atoms with Gasteiger partial charge in [0.15, 0.2) is 0 Å².